The molecule has 2 aromatic carbocycles. The van der Waals surface area contributed by atoms with Gasteiger partial charge in [-0.05, 0) is 104 Å². The molecule has 0 radical (unpaired) electrons. The van der Waals surface area contributed by atoms with Crippen molar-refractivity contribution in [3.63, 3.8) is 0 Å². The fourth-order valence-electron chi connectivity index (χ4n) is 7.06. The number of benzene rings is 2. The topological polar surface area (TPSA) is 72.9 Å². The zero-order valence-corrected chi connectivity index (χ0v) is 23.2. The van der Waals surface area contributed by atoms with Crippen LogP contribution in [0.5, 0.6) is 11.5 Å². The fourth-order valence-corrected chi connectivity index (χ4v) is 8.41. The van der Waals surface area contributed by atoms with Gasteiger partial charge < -0.3 is 9.47 Å². The summed E-state index contributed by atoms with van der Waals surface area (Å²) in [6, 6.07) is 10.2. The summed E-state index contributed by atoms with van der Waals surface area (Å²) in [4.78, 5) is 40.5. The molecule has 0 N–H and O–H groups in total. The molecule has 1 aliphatic heterocycles. The first kappa shape index (κ1) is 25.8. The number of carbonyl (C=O) groups is 3. The van der Waals surface area contributed by atoms with Crippen molar-refractivity contribution in [1.29, 1.82) is 0 Å². The average molecular weight is 573 g/mol. The van der Waals surface area contributed by atoms with Gasteiger partial charge >= 0.3 is 5.97 Å². The number of hydrogen-bond acceptors (Lipinski definition) is 6. The Kier molecular flexibility index (Phi) is 6.73. The highest BCUT2D eigenvalue weighted by Crippen LogP contribution is 2.60. The van der Waals surface area contributed by atoms with Crippen molar-refractivity contribution in [2.75, 3.05) is 7.11 Å². The summed E-state index contributed by atoms with van der Waals surface area (Å²) in [5.41, 5.74) is 0.797. The van der Waals surface area contributed by atoms with Gasteiger partial charge in [0, 0.05) is 15.6 Å². The van der Waals surface area contributed by atoms with Gasteiger partial charge in [0.15, 0.2) is 11.5 Å². The van der Waals surface area contributed by atoms with Gasteiger partial charge in [0.05, 0.1) is 24.0 Å². The summed E-state index contributed by atoms with van der Waals surface area (Å²) in [5.74, 6) is 2.12. The van der Waals surface area contributed by atoms with E-state index in [1.165, 1.54) is 26.4 Å². The number of rotatable bonds is 6. The van der Waals surface area contributed by atoms with E-state index in [1.54, 1.807) is 42.5 Å². The van der Waals surface area contributed by atoms with Crippen LogP contribution < -0.4 is 9.47 Å². The standard InChI is InChI=1S/C29H27Cl2NO5S/c1-36-24-10-16(11-25-26(33)32(28(35)38-25)15-20-21(30)3-2-4-22(20)31)5-6-23(24)37-27(34)29-12-17-7-18(13-29)9-19(8-17)14-29/h2-6,10-11,17-19H,7-9,12-15H2,1H3/b25-11-. The molecule has 2 amide bonds. The average Bonchev–Trinajstić information content (AvgIpc) is 3.13. The van der Waals surface area contributed by atoms with E-state index >= 15 is 0 Å². The number of ether oxygens (including phenoxy) is 2. The minimum Gasteiger partial charge on any atom is -0.493 e. The Bertz CT molecular complexity index is 1320. The molecule has 2 aromatic rings. The third kappa shape index (κ3) is 4.63. The second kappa shape index (κ2) is 9.92. The molecule has 0 spiro atoms. The van der Waals surface area contributed by atoms with E-state index in [0.717, 1.165) is 35.9 Å². The maximum atomic E-state index is 13.4. The van der Waals surface area contributed by atoms with E-state index in [1.807, 2.05) is 0 Å². The first-order valence-corrected chi connectivity index (χ1v) is 14.4. The quantitative estimate of drug-likeness (QED) is 0.205. The van der Waals surface area contributed by atoms with E-state index in [0.29, 0.717) is 50.4 Å². The number of imide groups is 1. The van der Waals surface area contributed by atoms with Crippen molar-refractivity contribution in [1.82, 2.24) is 4.90 Å². The Hall–Kier alpha value is -2.48. The lowest BCUT2D eigenvalue weighted by Crippen LogP contribution is -2.51. The predicted octanol–water partition coefficient (Wildman–Crippen LogP) is 7.36. The van der Waals surface area contributed by atoms with Gasteiger partial charge in [-0.25, -0.2) is 0 Å². The summed E-state index contributed by atoms with van der Waals surface area (Å²) in [7, 11) is 1.52. The number of methoxy groups -OCH3 is 1. The van der Waals surface area contributed by atoms with Gasteiger partial charge in [-0.3, -0.25) is 19.3 Å². The van der Waals surface area contributed by atoms with Gasteiger partial charge in [0.2, 0.25) is 0 Å². The highest BCUT2D eigenvalue weighted by molar-refractivity contribution is 8.18. The molecule has 0 atom stereocenters. The van der Waals surface area contributed by atoms with E-state index in [4.69, 9.17) is 32.7 Å². The Morgan fingerprint density at radius 1 is 1.03 bits per heavy atom. The second-order valence-electron chi connectivity index (χ2n) is 11.0. The Balaban J connectivity index is 1.19. The maximum Gasteiger partial charge on any atom is 0.317 e. The summed E-state index contributed by atoms with van der Waals surface area (Å²) in [6.45, 7) is -0.0109. The third-order valence-corrected chi connectivity index (χ3v) is 10.0. The van der Waals surface area contributed by atoms with Crippen LogP contribution in [-0.4, -0.2) is 29.1 Å². The van der Waals surface area contributed by atoms with Crippen molar-refractivity contribution < 1.29 is 23.9 Å². The molecule has 0 unspecified atom stereocenters. The normalized spacial score (nSPS) is 28.9. The summed E-state index contributed by atoms with van der Waals surface area (Å²) in [6.07, 6.45) is 8.16. The van der Waals surface area contributed by atoms with Crippen molar-refractivity contribution in [2.24, 2.45) is 23.2 Å². The monoisotopic (exact) mass is 571 g/mol. The van der Waals surface area contributed by atoms with E-state index in [-0.39, 0.29) is 22.8 Å². The minimum atomic E-state index is -0.424. The smallest absolute Gasteiger partial charge is 0.317 e. The van der Waals surface area contributed by atoms with Gasteiger partial charge in [0.25, 0.3) is 11.1 Å². The Labute approximate surface area is 235 Å². The zero-order chi connectivity index (χ0) is 26.6. The molecule has 1 heterocycles. The Morgan fingerprint density at radius 3 is 2.26 bits per heavy atom. The molecule has 1 saturated heterocycles. The summed E-state index contributed by atoms with van der Waals surface area (Å²) in [5, 5.41) is 0.387. The molecular weight excluding hydrogens is 545 g/mol. The van der Waals surface area contributed by atoms with Crippen LogP contribution in [0.2, 0.25) is 10.0 Å². The molecule has 5 aliphatic rings. The molecule has 9 heteroatoms. The number of carbonyl (C=O) groups excluding carboxylic acids is 3. The van der Waals surface area contributed by atoms with E-state index in [9.17, 15) is 14.4 Å². The lowest BCUT2D eigenvalue weighted by Gasteiger charge is -2.55. The fraction of sp³-hybridized carbons (Fsp3) is 0.414. The second-order valence-corrected chi connectivity index (χ2v) is 12.8. The van der Waals surface area contributed by atoms with Crippen LogP contribution in [0.4, 0.5) is 4.79 Å². The number of esters is 1. The first-order valence-electron chi connectivity index (χ1n) is 12.8. The molecule has 0 aromatic heterocycles. The minimum absolute atomic E-state index is 0.0109. The zero-order valence-electron chi connectivity index (χ0n) is 20.9. The lowest BCUT2D eigenvalue weighted by atomic mass is 9.49. The van der Waals surface area contributed by atoms with Crippen molar-refractivity contribution in [2.45, 2.75) is 45.1 Å². The molecule has 198 valence electrons. The first-order chi connectivity index (χ1) is 18.2. The van der Waals surface area contributed by atoms with Crippen LogP contribution in [0.3, 0.4) is 0 Å². The van der Waals surface area contributed by atoms with Gasteiger partial charge in [-0.15, -0.1) is 0 Å². The molecule has 4 bridgehead atoms. The maximum absolute atomic E-state index is 13.4. The van der Waals surface area contributed by atoms with Gasteiger partial charge in [-0.1, -0.05) is 35.3 Å². The van der Waals surface area contributed by atoms with Crippen molar-refractivity contribution in [3.05, 3.63) is 62.5 Å². The highest BCUT2D eigenvalue weighted by atomic mass is 35.5. The van der Waals surface area contributed by atoms with E-state index < -0.39 is 11.1 Å². The van der Waals surface area contributed by atoms with Gasteiger partial charge in [-0.2, -0.15) is 0 Å². The predicted molar refractivity (Wildman–Crippen MR) is 147 cm³/mol. The molecular formula is C29H27Cl2NO5S. The number of halogens is 2. The number of nitrogens with zero attached hydrogens (tertiary/aromatic N) is 1. The molecule has 4 saturated carbocycles. The van der Waals surface area contributed by atoms with Crippen LogP contribution in [0, 0.1) is 23.2 Å². The van der Waals surface area contributed by atoms with Crippen LogP contribution in [0.25, 0.3) is 6.08 Å². The SMILES string of the molecule is COc1cc(/C=C2\SC(=O)N(Cc3c(Cl)cccc3Cl)C2=O)ccc1OC(=O)C12CC3CC(CC(C3)C1)C2. The largest absolute Gasteiger partial charge is 0.493 e. The summed E-state index contributed by atoms with van der Waals surface area (Å²) < 4.78 is 11.5. The summed E-state index contributed by atoms with van der Waals surface area (Å²) >= 11 is 13.3. The lowest BCUT2D eigenvalue weighted by molar-refractivity contribution is -0.161. The number of thioether (sulfide) groups is 1. The Morgan fingerprint density at radius 2 is 1.66 bits per heavy atom. The van der Waals surface area contributed by atoms with Crippen molar-refractivity contribution >= 4 is 58.2 Å². The van der Waals surface area contributed by atoms with E-state index in [2.05, 4.69) is 0 Å². The molecule has 5 fully saturated rings. The van der Waals surface area contributed by atoms with Crippen LogP contribution in [0.15, 0.2) is 41.3 Å². The molecule has 38 heavy (non-hydrogen) atoms. The highest BCUT2D eigenvalue weighted by Gasteiger charge is 2.55. The number of amides is 2. The van der Waals surface area contributed by atoms with Crippen LogP contribution >= 0.6 is 35.0 Å². The molecule has 7 rings (SSSR count). The molecule has 4 aliphatic carbocycles. The van der Waals surface area contributed by atoms with Crippen molar-refractivity contribution in [3.8, 4) is 11.5 Å². The van der Waals surface area contributed by atoms with Gasteiger partial charge in [0.1, 0.15) is 0 Å². The number of hydrogen-bond donors (Lipinski definition) is 0. The van der Waals surface area contributed by atoms with Crippen LogP contribution in [-0.2, 0) is 16.1 Å². The molecule has 6 nitrogen and oxygen atoms in total. The van der Waals surface area contributed by atoms with Crippen LogP contribution in [0.1, 0.15) is 49.7 Å². The third-order valence-electron chi connectivity index (χ3n) is 8.41.